The molecule has 2 aliphatic rings. The van der Waals surface area contributed by atoms with E-state index in [0.29, 0.717) is 17.7 Å². The SMILES string of the molecule is CC=CC1=C[C@@H]2Cc3[nH]c(=O)ccc3[C@]([N+](Cl)=Cc3cccc(OC)c3O)(C1)C2. The number of hydrogen-bond donors (Lipinski definition) is 2. The third kappa shape index (κ3) is 3.40. The molecule has 0 spiro atoms. The van der Waals surface area contributed by atoms with Crippen LogP contribution in [0.25, 0.3) is 0 Å². The summed E-state index contributed by atoms with van der Waals surface area (Å²) in [6, 6.07) is 8.76. The van der Waals surface area contributed by atoms with E-state index in [1.807, 2.05) is 25.1 Å². The van der Waals surface area contributed by atoms with Crippen LogP contribution < -0.4 is 10.3 Å². The van der Waals surface area contributed by atoms with Crippen molar-refractivity contribution in [3.05, 3.63) is 81.3 Å². The fourth-order valence-electron chi connectivity index (χ4n) is 4.64. The normalized spacial score (nSPS) is 23.6. The van der Waals surface area contributed by atoms with Crippen LogP contribution in [0.1, 0.15) is 36.6 Å². The Balaban J connectivity index is 1.89. The summed E-state index contributed by atoms with van der Waals surface area (Å²) >= 11 is 6.93. The van der Waals surface area contributed by atoms with Gasteiger partial charge in [-0.2, -0.15) is 0 Å². The second-order valence-electron chi connectivity index (χ2n) is 7.67. The molecule has 4 rings (SSSR count). The van der Waals surface area contributed by atoms with Crippen LogP contribution in [0.5, 0.6) is 11.5 Å². The number of rotatable bonds is 4. The molecule has 5 nitrogen and oxygen atoms in total. The van der Waals surface area contributed by atoms with E-state index in [9.17, 15) is 9.90 Å². The minimum absolute atomic E-state index is 0.0473. The van der Waals surface area contributed by atoms with Gasteiger partial charge in [0.25, 0.3) is 11.8 Å². The number of fused-ring (bicyclic) bond motifs is 4. The number of methoxy groups -OCH3 is 1. The van der Waals surface area contributed by atoms with Crippen molar-refractivity contribution < 1.29 is 13.9 Å². The molecule has 2 N–H and O–H groups in total. The summed E-state index contributed by atoms with van der Waals surface area (Å²) in [6.07, 6.45) is 10.5. The minimum Gasteiger partial charge on any atom is -0.504 e. The molecule has 1 heterocycles. The number of H-pyrrole nitrogens is 1. The Labute approximate surface area is 174 Å². The van der Waals surface area contributed by atoms with Crippen LogP contribution in [-0.2, 0) is 12.0 Å². The van der Waals surface area contributed by atoms with Gasteiger partial charge in [0.05, 0.1) is 12.7 Å². The molecule has 1 aromatic carbocycles. The second-order valence-corrected chi connectivity index (χ2v) is 8.04. The van der Waals surface area contributed by atoms with E-state index in [-0.39, 0.29) is 17.2 Å². The van der Waals surface area contributed by atoms with Crippen molar-refractivity contribution in [2.45, 2.75) is 31.7 Å². The summed E-state index contributed by atoms with van der Waals surface area (Å²) in [5.41, 5.74) is 3.12. The number of phenolic OH excluding ortho intramolecular Hbond substituents is 1. The van der Waals surface area contributed by atoms with Gasteiger partial charge in [0, 0.05) is 30.2 Å². The van der Waals surface area contributed by atoms with Gasteiger partial charge in [-0.25, -0.2) is 0 Å². The number of phenols is 1. The molecule has 0 saturated carbocycles. The molecule has 2 aliphatic carbocycles. The number of aromatic amines is 1. The van der Waals surface area contributed by atoms with E-state index in [4.69, 9.17) is 16.5 Å². The molecule has 6 heteroatoms. The van der Waals surface area contributed by atoms with E-state index < -0.39 is 5.54 Å². The topological polar surface area (TPSA) is 65.3 Å². The summed E-state index contributed by atoms with van der Waals surface area (Å²) < 4.78 is 6.89. The highest BCUT2D eigenvalue weighted by molar-refractivity contribution is 6.08. The molecule has 2 atom stereocenters. The highest BCUT2D eigenvalue weighted by atomic mass is 35.5. The molecular formula is C23H24ClN2O3+. The molecule has 0 amide bonds. The van der Waals surface area contributed by atoms with Crippen LogP contribution in [0, 0.1) is 5.92 Å². The van der Waals surface area contributed by atoms with Crippen molar-refractivity contribution in [2.24, 2.45) is 5.92 Å². The molecule has 0 radical (unpaired) electrons. The number of aromatic hydroxyl groups is 1. The Morgan fingerprint density at radius 1 is 1.34 bits per heavy atom. The molecule has 0 saturated heterocycles. The predicted molar refractivity (Wildman–Crippen MR) is 114 cm³/mol. The van der Waals surface area contributed by atoms with Crippen LogP contribution in [-0.4, -0.2) is 27.5 Å². The molecule has 150 valence electrons. The standard InChI is InChI=1S/C23H23ClN2O3/c1-3-5-15-10-16-11-19-18(8-9-21(27)25-19)23(12-15,13-16)26(24)14-17-6-4-7-20(29-2)22(17)28/h3-10,14,16H,11-13H2,1-2H3,(H,25,27)/p+1/t16-,23+/m1/s1. The number of para-hydroxylation sites is 1. The second kappa shape index (κ2) is 7.56. The zero-order valence-electron chi connectivity index (χ0n) is 16.5. The Kier molecular flexibility index (Phi) is 5.09. The third-order valence-corrected chi connectivity index (χ3v) is 6.23. The van der Waals surface area contributed by atoms with Gasteiger partial charge in [0.15, 0.2) is 17.7 Å². The number of halogens is 1. The first kappa shape index (κ1) is 19.5. The summed E-state index contributed by atoms with van der Waals surface area (Å²) in [7, 11) is 1.52. The zero-order chi connectivity index (χ0) is 20.6. The summed E-state index contributed by atoms with van der Waals surface area (Å²) in [5, 5.41) is 10.5. The van der Waals surface area contributed by atoms with E-state index in [0.717, 1.165) is 24.1 Å². The number of benzene rings is 1. The van der Waals surface area contributed by atoms with E-state index in [1.165, 1.54) is 12.7 Å². The van der Waals surface area contributed by atoms with E-state index >= 15 is 0 Å². The Bertz CT molecular complexity index is 1100. The molecule has 1 aromatic heterocycles. The van der Waals surface area contributed by atoms with Crippen LogP contribution in [0.15, 0.2) is 58.9 Å². The van der Waals surface area contributed by atoms with Gasteiger partial charge in [-0.3, -0.25) is 4.79 Å². The van der Waals surface area contributed by atoms with Crippen LogP contribution in [0.2, 0.25) is 0 Å². The molecule has 29 heavy (non-hydrogen) atoms. The van der Waals surface area contributed by atoms with Crippen LogP contribution in [0.4, 0.5) is 0 Å². The molecule has 2 aromatic rings. The molecule has 0 unspecified atom stereocenters. The molecule has 2 bridgehead atoms. The maximum atomic E-state index is 11.9. The fraction of sp³-hybridized carbons (Fsp3) is 0.304. The lowest BCUT2D eigenvalue weighted by molar-refractivity contribution is -0.488. The van der Waals surface area contributed by atoms with E-state index in [2.05, 4.69) is 17.1 Å². The smallest absolute Gasteiger partial charge is 0.262 e. The minimum atomic E-state index is -0.525. The Morgan fingerprint density at radius 2 is 2.17 bits per heavy atom. The number of allylic oxidation sites excluding steroid dienone is 3. The summed E-state index contributed by atoms with van der Waals surface area (Å²) in [4.78, 5) is 14.9. The van der Waals surface area contributed by atoms with Gasteiger partial charge in [0.1, 0.15) is 0 Å². The highest BCUT2D eigenvalue weighted by Crippen LogP contribution is 2.49. The maximum Gasteiger partial charge on any atom is 0.262 e. The number of nitrogens with one attached hydrogen (secondary N) is 1. The van der Waals surface area contributed by atoms with Crippen molar-refractivity contribution in [1.82, 2.24) is 4.98 Å². The average molecular weight is 412 g/mol. The fourth-order valence-corrected chi connectivity index (χ4v) is 4.96. The van der Waals surface area contributed by atoms with Crippen molar-refractivity contribution >= 4 is 18.0 Å². The number of ether oxygens (including phenoxy) is 1. The van der Waals surface area contributed by atoms with Gasteiger partial charge in [0.2, 0.25) is 11.1 Å². The van der Waals surface area contributed by atoms with E-state index in [1.54, 1.807) is 28.5 Å². The molecule has 0 fully saturated rings. The van der Waals surface area contributed by atoms with Crippen molar-refractivity contribution in [1.29, 1.82) is 0 Å². The molecular weight excluding hydrogens is 388 g/mol. The third-order valence-electron chi connectivity index (χ3n) is 5.81. The number of aromatic nitrogens is 1. The van der Waals surface area contributed by atoms with Gasteiger partial charge >= 0.3 is 0 Å². The molecule has 0 aliphatic heterocycles. The first-order valence-corrected chi connectivity index (χ1v) is 10.0. The van der Waals surface area contributed by atoms with Gasteiger partial charge < -0.3 is 14.8 Å². The van der Waals surface area contributed by atoms with Crippen molar-refractivity contribution in [3.8, 4) is 11.5 Å². The number of pyridine rings is 1. The first-order chi connectivity index (χ1) is 14.0. The lowest BCUT2D eigenvalue weighted by Crippen LogP contribution is -2.45. The Morgan fingerprint density at radius 3 is 2.93 bits per heavy atom. The van der Waals surface area contributed by atoms with Gasteiger partial charge in [-0.15, -0.1) is 4.09 Å². The zero-order valence-corrected chi connectivity index (χ0v) is 17.2. The maximum absolute atomic E-state index is 11.9. The highest BCUT2D eigenvalue weighted by Gasteiger charge is 2.52. The lowest BCUT2D eigenvalue weighted by atomic mass is 9.66. The van der Waals surface area contributed by atoms with Crippen molar-refractivity contribution in [3.63, 3.8) is 0 Å². The predicted octanol–water partition coefficient (Wildman–Crippen LogP) is 4.04. The van der Waals surface area contributed by atoms with Gasteiger partial charge in [-0.1, -0.05) is 24.3 Å². The number of nitrogens with zero attached hydrogens (tertiary/aromatic N) is 1. The van der Waals surface area contributed by atoms with Crippen LogP contribution >= 0.6 is 11.8 Å². The van der Waals surface area contributed by atoms with Crippen LogP contribution in [0.3, 0.4) is 0 Å². The average Bonchev–Trinajstić information content (AvgIpc) is 2.69. The quantitative estimate of drug-likeness (QED) is 0.589. The first-order valence-electron chi connectivity index (χ1n) is 9.69. The van der Waals surface area contributed by atoms with Gasteiger partial charge in [-0.05, 0) is 43.0 Å². The summed E-state index contributed by atoms with van der Waals surface area (Å²) in [6.45, 7) is 2.00. The monoisotopic (exact) mass is 411 g/mol. The number of hydrogen-bond acceptors (Lipinski definition) is 3. The Hall–Kier alpha value is -2.79. The summed E-state index contributed by atoms with van der Waals surface area (Å²) in [5.74, 6) is 0.714. The largest absolute Gasteiger partial charge is 0.504 e. The van der Waals surface area contributed by atoms with Crippen molar-refractivity contribution in [2.75, 3.05) is 7.11 Å². The lowest BCUT2D eigenvalue weighted by Gasteiger charge is -2.39.